The Morgan fingerprint density at radius 3 is 2.36 bits per heavy atom. The summed E-state index contributed by atoms with van der Waals surface area (Å²) in [6.45, 7) is 1.76. The van der Waals surface area contributed by atoms with Crippen LogP contribution in [0.4, 0.5) is 23.2 Å². The van der Waals surface area contributed by atoms with E-state index in [0.29, 0.717) is 10.7 Å². The molecule has 0 spiro atoms. The van der Waals surface area contributed by atoms with Crippen LogP contribution >= 0.6 is 11.6 Å². The minimum atomic E-state index is -1.66. The first-order valence-electron chi connectivity index (χ1n) is 6.12. The van der Waals surface area contributed by atoms with E-state index in [1.165, 1.54) is 10.9 Å². The molecule has 2 aromatic rings. The normalized spacial score (nSPS) is 10.8. The molecule has 0 aliphatic heterocycles. The Morgan fingerprint density at radius 2 is 1.86 bits per heavy atom. The molecule has 118 valence electrons. The number of nitrogens with one attached hydrogen (secondary N) is 1. The Labute approximate surface area is 127 Å². The van der Waals surface area contributed by atoms with Crippen molar-refractivity contribution in [2.24, 2.45) is 0 Å². The van der Waals surface area contributed by atoms with Crippen LogP contribution in [0, 0.1) is 30.2 Å². The third-order valence-electron chi connectivity index (χ3n) is 2.97. The summed E-state index contributed by atoms with van der Waals surface area (Å²) in [6.07, 6.45) is 1.17. The van der Waals surface area contributed by atoms with E-state index in [0.717, 1.165) is 0 Å². The average molecular weight is 336 g/mol. The Balaban J connectivity index is 2.08. The van der Waals surface area contributed by atoms with Gasteiger partial charge in [-0.25, -0.2) is 17.6 Å². The molecule has 0 radical (unpaired) electrons. The molecule has 0 aliphatic carbocycles. The number of rotatable bonds is 4. The average Bonchev–Trinajstić information content (AvgIpc) is 2.79. The summed E-state index contributed by atoms with van der Waals surface area (Å²) in [5.74, 6) is -7.34. The van der Waals surface area contributed by atoms with Crippen LogP contribution in [0.1, 0.15) is 12.1 Å². The van der Waals surface area contributed by atoms with Gasteiger partial charge in [-0.3, -0.25) is 9.48 Å². The van der Waals surface area contributed by atoms with E-state index in [2.05, 4.69) is 5.10 Å². The molecule has 0 saturated heterocycles. The second kappa shape index (κ2) is 6.35. The van der Waals surface area contributed by atoms with Crippen LogP contribution in [0.2, 0.25) is 5.02 Å². The van der Waals surface area contributed by atoms with Crippen molar-refractivity contribution < 1.29 is 22.4 Å². The number of aromatic nitrogens is 2. The highest BCUT2D eigenvalue weighted by Gasteiger charge is 2.20. The fourth-order valence-corrected chi connectivity index (χ4v) is 1.88. The number of carbonyl (C=O) groups is 1. The molecule has 0 unspecified atom stereocenters. The number of hydrogen-bond acceptors (Lipinski definition) is 2. The number of nitrogens with zero attached hydrogens (tertiary/aromatic N) is 2. The molecule has 1 heterocycles. The highest BCUT2D eigenvalue weighted by Crippen LogP contribution is 2.24. The van der Waals surface area contributed by atoms with Crippen molar-refractivity contribution in [3.63, 3.8) is 0 Å². The highest BCUT2D eigenvalue weighted by molar-refractivity contribution is 6.31. The van der Waals surface area contributed by atoms with Gasteiger partial charge < -0.3 is 5.32 Å². The van der Waals surface area contributed by atoms with E-state index in [4.69, 9.17) is 11.6 Å². The molecule has 1 aromatic heterocycles. The number of benzene rings is 1. The molecular formula is C13H10ClF4N3O. The number of carbonyl (C=O) groups excluding carboxylic acids is 1. The van der Waals surface area contributed by atoms with Crippen LogP contribution in [0.15, 0.2) is 12.3 Å². The van der Waals surface area contributed by atoms with Crippen LogP contribution < -0.4 is 5.32 Å². The monoisotopic (exact) mass is 335 g/mol. The van der Waals surface area contributed by atoms with E-state index in [1.807, 2.05) is 5.32 Å². The molecule has 9 heteroatoms. The molecule has 0 saturated carbocycles. The van der Waals surface area contributed by atoms with Gasteiger partial charge in [0.15, 0.2) is 23.3 Å². The highest BCUT2D eigenvalue weighted by atomic mass is 35.5. The molecule has 0 aliphatic rings. The molecule has 0 bridgehead atoms. The second-order valence-electron chi connectivity index (χ2n) is 4.44. The summed E-state index contributed by atoms with van der Waals surface area (Å²) < 4.78 is 54.3. The van der Waals surface area contributed by atoms with Gasteiger partial charge in [-0.2, -0.15) is 5.10 Å². The fraction of sp³-hybridized carbons (Fsp3) is 0.231. The van der Waals surface area contributed by atoms with Gasteiger partial charge in [0.05, 0.1) is 23.5 Å². The third kappa shape index (κ3) is 3.22. The maximum absolute atomic E-state index is 13.4. The van der Waals surface area contributed by atoms with E-state index in [1.54, 1.807) is 6.92 Å². The molecule has 2 rings (SSSR count). The van der Waals surface area contributed by atoms with Crippen LogP contribution in [0.3, 0.4) is 0 Å². The summed E-state index contributed by atoms with van der Waals surface area (Å²) >= 11 is 5.78. The summed E-state index contributed by atoms with van der Waals surface area (Å²) in [4.78, 5) is 11.7. The zero-order valence-electron chi connectivity index (χ0n) is 11.3. The van der Waals surface area contributed by atoms with Gasteiger partial charge in [-0.15, -0.1) is 0 Å². The Morgan fingerprint density at radius 1 is 1.27 bits per heavy atom. The Bertz CT molecular complexity index is 706. The lowest BCUT2D eigenvalue weighted by Crippen LogP contribution is -2.18. The fourth-order valence-electron chi connectivity index (χ4n) is 1.74. The van der Waals surface area contributed by atoms with Crippen molar-refractivity contribution in [3.8, 4) is 0 Å². The molecule has 22 heavy (non-hydrogen) atoms. The number of anilines is 1. The first kappa shape index (κ1) is 16.3. The Hall–Kier alpha value is -2.09. The zero-order valence-corrected chi connectivity index (χ0v) is 12.0. The summed E-state index contributed by atoms with van der Waals surface area (Å²) in [7, 11) is 0. The number of amides is 1. The van der Waals surface area contributed by atoms with E-state index in [9.17, 15) is 22.4 Å². The second-order valence-corrected chi connectivity index (χ2v) is 4.85. The number of aryl methyl sites for hydroxylation is 1. The minimum Gasteiger partial charge on any atom is -0.321 e. The zero-order chi connectivity index (χ0) is 16.4. The van der Waals surface area contributed by atoms with Gasteiger partial charge in [0.1, 0.15) is 5.69 Å². The van der Waals surface area contributed by atoms with E-state index in [-0.39, 0.29) is 19.0 Å². The minimum absolute atomic E-state index is 0.0649. The predicted octanol–water partition coefficient (Wildman–Crippen LogP) is 3.43. The quantitative estimate of drug-likeness (QED) is 0.687. The van der Waals surface area contributed by atoms with Crippen LogP contribution in [-0.2, 0) is 11.3 Å². The first-order chi connectivity index (χ1) is 10.3. The number of hydrogen-bond donors (Lipinski definition) is 1. The SMILES string of the molecule is Cc1c(Cl)cnn1CCC(=O)Nc1c(F)c(F)cc(F)c1F. The lowest BCUT2D eigenvalue weighted by Gasteiger charge is -2.09. The predicted molar refractivity (Wildman–Crippen MR) is 71.5 cm³/mol. The maximum atomic E-state index is 13.4. The first-order valence-corrected chi connectivity index (χ1v) is 6.49. The Kier molecular flexibility index (Phi) is 4.70. The van der Waals surface area contributed by atoms with Gasteiger partial charge in [-0.1, -0.05) is 11.6 Å². The van der Waals surface area contributed by atoms with Gasteiger partial charge in [0.2, 0.25) is 5.91 Å². The van der Waals surface area contributed by atoms with Crippen molar-refractivity contribution in [1.29, 1.82) is 0 Å². The van der Waals surface area contributed by atoms with Gasteiger partial charge in [0.25, 0.3) is 0 Å². The van der Waals surface area contributed by atoms with Crippen molar-refractivity contribution >= 4 is 23.2 Å². The van der Waals surface area contributed by atoms with Crippen molar-refractivity contribution in [2.45, 2.75) is 19.9 Å². The molecular weight excluding hydrogens is 326 g/mol. The van der Waals surface area contributed by atoms with Crippen molar-refractivity contribution in [2.75, 3.05) is 5.32 Å². The van der Waals surface area contributed by atoms with Crippen LogP contribution in [0.5, 0.6) is 0 Å². The maximum Gasteiger partial charge on any atom is 0.226 e. The summed E-state index contributed by atoms with van der Waals surface area (Å²) in [6, 6.07) is 0.0649. The lowest BCUT2D eigenvalue weighted by atomic mass is 10.2. The molecule has 1 aromatic carbocycles. The van der Waals surface area contributed by atoms with Crippen molar-refractivity contribution in [3.05, 3.63) is 46.2 Å². The molecule has 4 nitrogen and oxygen atoms in total. The van der Waals surface area contributed by atoms with Crippen LogP contribution in [-0.4, -0.2) is 15.7 Å². The molecule has 0 fully saturated rings. The molecule has 1 amide bonds. The van der Waals surface area contributed by atoms with Gasteiger partial charge in [-0.05, 0) is 6.92 Å². The largest absolute Gasteiger partial charge is 0.321 e. The van der Waals surface area contributed by atoms with Crippen molar-refractivity contribution in [1.82, 2.24) is 9.78 Å². The van der Waals surface area contributed by atoms with Gasteiger partial charge >= 0.3 is 0 Å². The topological polar surface area (TPSA) is 46.9 Å². The molecule has 1 N–H and O–H groups in total. The number of halogens is 5. The smallest absolute Gasteiger partial charge is 0.226 e. The van der Waals surface area contributed by atoms with E-state index >= 15 is 0 Å². The lowest BCUT2D eigenvalue weighted by molar-refractivity contribution is -0.116. The standard InChI is InChI=1S/C13H10ClF4N3O/c1-6-7(14)5-19-21(6)3-2-10(22)20-13-11(17)8(15)4-9(16)12(13)18/h4-5H,2-3H2,1H3,(H,20,22). The van der Waals surface area contributed by atoms with Gasteiger partial charge in [0, 0.05) is 12.5 Å². The summed E-state index contributed by atoms with van der Waals surface area (Å²) in [5.41, 5.74) is -0.540. The third-order valence-corrected chi connectivity index (χ3v) is 3.34. The molecule has 0 atom stereocenters. The van der Waals surface area contributed by atoms with E-state index < -0.39 is 34.9 Å². The van der Waals surface area contributed by atoms with Crippen LogP contribution in [0.25, 0.3) is 0 Å². The summed E-state index contributed by atoms with van der Waals surface area (Å²) in [5, 5.41) is 6.11.